The first-order valence-electron chi connectivity index (χ1n) is 9.80. The lowest BCUT2D eigenvalue weighted by molar-refractivity contribution is 0.102. The summed E-state index contributed by atoms with van der Waals surface area (Å²) in [5.74, 6) is -0.422. The Morgan fingerprint density at radius 1 is 1.17 bits per heavy atom. The normalized spacial score (nSPS) is 16.1. The maximum absolute atomic E-state index is 13.0. The number of aryl methyl sites for hydroxylation is 2. The minimum Gasteiger partial charge on any atom is -0.296 e. The van der Waals surface area contributed by atoms with Gasteiger partial charge in [0.2, 0.25) is 15.2 Å². The summed E-state index contributed by atoms with van der Waals surface area (Å²) in [6.45, 7) is 1.96. The molecule has 4 rings (SSSR count). The molecule has 3 aromatic rings. The van der Waals surface area contributed by atoms with E-state index in [1.54, 1.807) is 12.1 Å². The summed E-state index contributed by atoms with van der Waals surface area (Å²) in [7, 11) is -3.79. The minimum absolute atomic E-state index is 0.0599. The first-order chi connectivity index (χ1) is 14.5. The van der Waals surface area contributed by atoms with Crippen LogP contribution in [0.5, 0.6) is 0 Å². The van der Waals surface area contributed by atoms with Crippen molar-refractivity contribution < 1.29 is 13.2 Å². The maximum atomic E-state index is 13.0. The van der Waals surface area contributed by atoms with Crippen molar-refractivity contribution in [3.05, 3.63) is 70.2 Å². The first kappa shape index (κ1) is 20.6. The molecule has 0 aliphatic heterocycles. The monoisotopic (exact) mass is 442 g/mol. The van der Waals surface area contributed by atoms with Crippen molar-refractivity contribution in [1.82, 2.24) is 14.9 Å². The fourth-order valence-corrected chi connectivity index (χ4v) is 5.52. The molecule has 2 aromatic carbocycles. The molecular formula is C21H22N4O3S2. The second-order valence-corrected chi connectivity index (χ2v) is 9.88. The molecule has 1 amide bonds. The van der Waals surface area contributed by atoms with Crippen LogP contribution in [0.25, 0.3) is 0 Å². The summed E-state index contributed by atoms with van der Waals surface area (Å²) in [4.78, 5) is 12.6. The molecule has 30 heavy (non-hydrogen) atoms. The lowest BCUT2D eigenvalue weighted by Crippen LogP contribution is -2.31. The number of nitrogens with one attached hydrogen (secondary N) is 2. The van der Waals surface area contributed by atoms with Crippen molar-refractivity contribution in [2.45, 2.75) is 43.5 Å². The van der Waals surface area contributed by atoms with Gasteiger partial charge in [-0.2, -0.15) is 0 Å². The predicted octanol–water partition coefficient (Wildman–Crippen LogP) is 3.71. The van der Waals surface area contributed by atoms with Crippen LogP contribution in [0.1, 0.15) is 52.3 Å². The Morgan fingerprint density at radius 2 is 2.00 bits per heavy atom. The molecule has 2 N–H and O–H groups in total. The van der Waals surface area contributed by atoms with E-state index in [9.17, 15) is 13.2 Å². The van der Waals surface area contributed by atoms with Gasteiger partial charge in [-0.05, 0) is 55.0 Å². The zero-order valence-corrected chi connectivity index (χ0v) is 18.1. The molecule has 1 atom stereocenters. The Kier molecular flexibility index (Phi) is 5.94. The van der Waals surface area contributed by atoms with E-state index >= 15 is 0 Å². The van der Waals surface area contributed by atoms with E-state index in [0.717, 1.165) is 36.3 Å². The van der Waals surface area contributed by atoms with Crippen LogP contribution in [0, 0.1) is 0 Å². The lowest BCUT2D eigenvalue weighted by Gasteiger charge is -2.26. The van der Waals surface area contributed by atoms with Crippen molar-refractivity contribution in [3.8, 4) is 0 Å². The van der Waals surface area contributed by atoms with Gasteiger partial charge >= 0.3 is 0 Å². The topological polar surface area (TPSA) is 101 Å². The van der Waals surface area contributed by atoms with Crippen LogP contribution >= 0.6 is 11.3 Å². The van der Waals surface area contributed by atoms with Crippen LogP contribution in [0.2, 0.25) is 0 Å². The Hall–Kier alpha value is -2.62. The van der Waals surface area contributed by atoms with Crippen molar-refractivity contribution in [2.24, 2.45) is 0 Å². The molecule has 0 saturated heterocycles. The van der Waals surface area contributed by atoms with E-state index in [4.69, 9.17) is 0 Å². The summed E-state index contributed by atoms with van der Waals surface area (Å²) in [5, 5.41) is 11.8. The number of anilines is 1. The highest BCUT2D eigenvalue weighted by atomic mass is 32.2. The number of rotatable bonds is 6. The number of benzene rings is 2. The van der Waals surface area contributed by atoms with E-state index in [2.05, 4.69) is 20.2 Å². The van der Waals surface area contributed by atoms with E-state index in [-0.39, 0.29) is 16.5 Å². The second kappa shape index (κ2) is 8.63. The number of aromatic nitrogens is 2. The molecule has 1 heterocycles. The molecule has 0 fully saturated rings. The van der Waals surface area contributed by atoms with Crippen LogP contribution in [-0.2, 0) is 22.9 Å². The Bertz CT molecular complexity index is 1170. The number of carbonyl (C=O) groups excluding carboxylic acids is 1. The highest BCUT2D eigenvalue weighted by molar-refractivity contribution is 7.89. The molecule has 0 unspecified atom stereocenters. The number of sulfonamides is 1. The van der Waals surface area contributed by atoms with E-state index in [1.165, 1.54) is 29.0 Å². The van der Waals surface area contributed by atoms with E-state index in [0.29, 0.717) is 5.13 Å². The minimum atomic E-state index is -3.79. The highest BCUT2D eigenvalue weighted by Crippen LogP contribution is 2.31. The van der Waals surface area contributed by atoms with Gasteiger partial charge in [-0.1, -0.05) is 48.6 Å². The van der Waals surface area contributed by atoms with Gasteiger partial charge in [0.1, 0.15) is 5.01 Å². The molecular weight excluding hydrogens is 420 g/mol. The van der Waals surface area contributed by atoms with Gasteiger partial charge in [-0.25, -0.2) is 13.1 Å². The Morgan fingerprint density at radius 3 is 2.80 bits per heavy atom. The number of hydrogen-bond donors (Lipinski definition) is 2. The number of carbonyl (C=O) groups is 1. The fraction of sp³-hybridized carbons (Fsp3) is 0.286. The predicted molar refractivity (Wildman–Crippen MR) is 116 cm³/mol. The summed E-state index contributed by atoms with van der Waals surface area (Å²) in [6, 6.07) is 13.7. The molecule has 1 aliphatic rings. The van der Waals surface area contributed by atoms with Crippen molar-refractivity contribution in [3.63, 3.8) is 0 Å². The van der Waals surface area contributed by atoms with Gasteiger partial charge in [-0.15, -0.1) is 10.2 Å². The zero-order valence-electron chi connectivity index (χ0n) is 16.5. The highest BCUT2D eigenvalue weighted by Gasteiger charge is 2.26. The first-order valence-corrected chi connectivity index (χ1v) is 12.1. The third-order valence-electron chi connectivity index (χ3n) is 5.06. The van der Waals surface area contributed by atoms with E-state index < -0.39 is 15.9 Å². The Balaban J connectivity index is 1.53. The van der Waals surface area contributed by atoms with Gasteiger partial charge in [0.05, 0.1) is 4.90 Å². The van der Waals surface area contributed by atoms with Crippen LogP contribution < -0.4 is 10.0 Å². The average Bonchev–Trinajstić information content (AvgIpc) is 3.21. The van der Waals surface area contributed by atoms with Crippen molar-refractivity contribution in [2.75, 3.05) is 5.32 Å². The third-order valence-corrected chi connectivity index (χ3v) is 7.52. The van der Waals surface area contributed by atoms with Gasteiger partial charge < -0.3 is 0 Å². The summed E-state index contributed by atoms with van der Waals surface area (Å²) < 4.78 is 28.9. The SMILES string of the molecule is CCc1nnc(NC(=O)c2cccc(S(=O)(=O)N[C@H]3CCCc4ccccc43)c2)s1. The molecule has 1 aromatic heterocycles. The number of fused-ring (bicyclic) bond motifs is 1. The van der Waals surface area contributed by atoms with Crippen LogP contribution in [-0.4, -0.2) is 24.5 Å². The standard InChI is InChI=1S/C21H22N4O3S2/c1-2-19-23-24-21(29-19)22-20(26)15-9-5-10-16(13-15)30(27,28)25-18-12-6-8-14-7-3-4-11-17(14)18/h3-5,7,9-11,13,18,25H,2,6,8,12H2,1H3,(H,22,24,26)/t18-/m0/s1. The van der Waals surface area contributed by atoms with Gasteiger partial charge in [0, 0.05) is 11.6 Å². The smallest absolute Gasteiger partial charge is 0.257 e. The fourth-order valence-electron chi connectivity index (χ4n) is 3.55. The van der Waals surface area contributed by atoms with E-state index in [1.807, 2.05) is 31.2 Å². The van der Waals surface area contributed by atoms with Crippen LogP contribution in [0.15, 0.2) is 53.4 Å². The summed E-state index contributed by atoms with van der Waals surface area (Å²) >= 11 is 1.30. The third kappa shape index (κ3) is 4.43. The number of nitrogens with zero attached hydrogens (tertiary/aromatic N) is 2. The molecule has 156 valence electrons. The second-order valence-electron chi connectivity index (χ2n) is 7.10. The lowest BCUT2D eigenvalue weighted by atomic mass is 9.88. The Labute approximate surface area is 179 Å². The van der Waals surface area contributed by atoms with Gasteiger partial charge in [0.25, 0.3) is 5.91 Å². The number of amides is 1. The largest absolute Gasteiger partial charge is 0.296 e. The van der Waals surface area contributed by atoms with Crippen molar-refractivity contribution in [1.29, 1.82) is 0 Å². The van der Waals surface area contributed by atoms with Gasteiger partial charge in [-0.3, -0.25) is 10.1 Å². The molecule has 9 heteroatoms. The van der Waals surface area contributed by atoms with Crippen LogP contribution in [0.3, 0.4) is 0 Å². The zero-order chi connectivity index (χ0) is 21.1. The van der Waals surface area contributed by atoms with Crippen LogP contribution in [0.4, 0.5) is 5.13 Å². The maximum Gasteiger partial charge on any atom is 0.257 e. The molecule has 0 radical (unpaired) electrons. The van der Waals surface area contributed by atoms with Crippen molar-refractivity contribution >= 4 is 32.4 Å². The quantitative estimate of drug-likeness (QED) is 0.606. The summed E-state index contributed by atoms with van der Waals surface area (Å²) in [6.07, 6.45) is 3.36. The average molecular weight is 443 g/mol. The van der Waals surface area contributed by atoms with Gasteiger partial charge in [0.15, 0.2) is 0 Å². The number of hydrogen-bond acceptors (Lipinski definition) is 6. The molecule has 7 nitrogen and oxygen atoms in total. The molecule has 0 spiro atoms. The summed E-state index contributed by atoms with van der Waals surface area (Å²) in [5.41, 5.74) is 2.44. The molecule has 1 aliphatic carbocycles. The molecule has 0 saturated carbocycles. The molecule has 0 bridgehead atoms.